The van der Waals surface area contributed by atoms with Gasteiger partial charge in [0.2, 0.25) is 0 Å². The molecule has 144 valence electrons. The van der Waals surface area contributed by atoms with Gasteiger partial charge in [0.05, 0.1) is 0 Å². The lowest BCUT2D eigenvalue weighted by atomic mass is 10.0. The van der Waals surface area contributed by atoms with Gasteiger partial charge < -0.3 is 14.0 Å². The van der Waals surface area contributed by atoms with Crippen molar-refractivity contribution in [3.63, 3.8) is 0 Å². The third-order valence-corrected chi connectivity index (χ3v) is 5.63. The molecule has 0 aliphatic carbocycles. The van der Waals surface area contributed by atoms with E-state index in [1.54, 1.807) is 0 Å². The summed E-state index contributed by atoms with van der Waals surface area (Å²) in [6.45, 7) is 14.3. The molecule has 0 unspecified atom stereocenters. The van der Waals surface area contributed by atoms with Crippen LogP contribution >= 0.6 is 0 Å². The van der Waals surface area contributed by atoms with Crippen LogP contribution in [0, 0.1) is 11.8 Å². The van der Waals surface area contributed by atoms with Gasteiger partial charge in [-0.25, -0.2) is 4.79 Å². The van der Waals surface area contributed by atoms with E-state index >= 15 is 0 Å². The number of hydrogen-bond donors (Lipinski definition) is 0. The molecule has 2 aromatic rings. The first kappa shape index (κ1) is 18.1. The Morgan fingerprint density at radius 1 is 1.22 bits per heavy atom. The average molecular weight is 367 g/mol. The number of aromatic nitrogens is 1. The zero-order chi connectivity index (χ0) is 19.2. The molecule has 0 bridgehead atoms. The van der Waals surface area contributed by atoms with E-state index in [-0.39, 0.29) is 6.09 Å². The standard InChI is InChI=1S/C22H29N3O2/c1-5-16-10-19-8-6-7-9-25(19)20(16)15-23-11-17-13-24(14-18(17)12-23)21(26)27-22(2,3)4/h5-10,17-18H,1,11-15H2,2-4H3/t17-,18+. The van der Waals surface area contributed by atoms with Crippen molar-refractivity contribution in [1.82, 2.24) is 14.2 Å². The lowest BCUT2D eigenvalue weighted by molar-refractivity contribution is 0.0274. The topological polar surface area (TPSA) is 37.2 Å². The van der Waals surface area contributed by atoms with Crippen LogP contribution in [0.2, 0.25) is 0 Å². The summed E-state index contributed by atoms with van der Waals surface area (Å²) in [5, 5.41) is 0. The van der Waals surface area contributed by atoms with Gasteiger partial charge in [-0.2, -0.15) is 0 Å². The Morgan fingerprint density at radius 2 is 1.93 bits per heavy atom. The van der Waals surface area contributed by atoms with Crippen molar-refractivity contribution in [3.8, 4) is 0 Å². The van der Waals surface area contributed by atoms with E-state index in [2.05, 4.69) is 46.3 Å². The minimum Gasteiger partial charge on any atom is -0.444 e. The van der Waals surface area contributed by atoms with Gasteiger partial charge in [-0.3, -0.25) is 4.90 Å². The molecular weight excluding hydrogens is 338 g/mol. The van der Waals surface area contributed by atoms with E-state index in [0.717, 1.165) is 32.7 Å². The maximum atomic E-state index is 12.3. The van der Waals surface area contributed by atoms with Gasteiger partial charge in [0.25, 0.3) is 0 Å². The number of pyridine rings is 1. The molecule has 4 heterocycles. The maximum Gasteiger partial charge on any atom is 0.410 e. The summed E-state index contributed by atoms with van der Waals surface area (Å²) in [6, 6.07) is 8.47. The zero-order valence-electron chi connectivity index (χ0n) is 16.5. The van der Waals surface area contributed by atoms with Crippen LogP contribution in [0.5, 0.6) is 0 Å². The van der Waals surface area contributed by atoms with Crippen molar-refractivity contribution < 1.29 is 9.53 Å². The molecule has 5 nitrogen and oxygen atoms in total. The van der Waals surface area contributed by atoms with Crippen molar-refractivity contribution in [2.45, 2.75) is 32.9 Å². The molecule has 0 saturated carbocycles. The Labute approximate surface area is 161 Å². The third-order valence-electron chi connectivity index (χ3n) is 5.63. The lowest BCUT2D eigenvalue weighted by Crippen LogP contribution is -2.37. The quantitative estimate of drug-likeness (QED) is 0.826. The number of nitrogens with zero attached hydrogens (tertiary/aromatic N) is 3. The van der Waals surface area contributed by atoms with Crippen LogP contribution in [-0.2, 0) is 11.3 Å². The molecule has 2 aliphatic heterocycles. The predicted octanol–water partition coefficient (Wildman–Crippen LogP) is 3.88. The Balaban J connectivity index is 1.42. The Bertz CT molecular complexity index is 850. The number of ether oxygens (including phenoxy) is 1. The summed E-state index contributed by atoms with van der Waals surface area (Å²) in [4.78, 5) is 16.7. The van der Waals surface area contributed by atoms with E-state index in [4.69, 9.17) is 4.74 Å². The van der Waals surface area contributed by atoms with Gasteiger partial charge in [0.1, 0.15) is 5.60 Å². The molecule has 2 aromatic heterocycles. The van der Waals surface area contributed by atoms with Gasteiger partial charge in [0.15, 0.2) is 0 Å². The van der Waals surface area contributed by atoms with Crippen LogP contribution in [-0.4, -0.2) is 52.1 Å². The molecule has 4 rings (SSSR count). The van der Waals surface area contributed by atoms with Gasteiger partial charge in [-0.1, -0.05) is 18.7 Å². The normalized spacial score (nSPS) is 23.0. The summed E-state index contributed by atoms with van der Waals surface area (Å²) in [6.07, 6.45) is 3.90. The first-order chi connectivity index (χ1) is 12.8. The number of carbonyl (C=O) groups excluding carboxylic acids is 1. The summed E-state index contributed by atoms with van der Waals surface area (Å²) in [7, 11) is 0. The van der Waals surface area contributed by atoms with Gasteiger partial charge in [-0.05, 0) is 56.4 Å². The average Bonchev–Trinajstić information content (AvgIpc) is 3.25. The molecule has 2 atom stereocenters. The minimum atomic E-state index is -0.433. The molecule has 5 heteroatoms. The molecule has 0 aromatic carbocycles. The number of rotatable bonds is 3. The monoisotopic (exact) mass is 367 g/mol. The summed E-state index contributed by atoms with van der Waals surface area (Å²) < 4.78 is 7.80. The molecule has 0 N–H and O–H groups in total. The van der Waals surface area contributed by atoms with E-state index in [9.17, 15) is 4.79 Å². The number of likely N-dealkylation sites (tertiary alicyclic amines) is 2. The number of amides is 1. The summed E-state index contributed by atoms with van der Waals surface area (Å²) in [5.74, 6) is 1.08. The molecule has 0 spiro atoms. The first-order valence-electron chi connectivity index (χ1n) is 9.76. The first-order valence-corrected chi connectivity index (χ1v) is 9.76. The molecule has 2 fully saturated rings. The molecular formula is C22H29N3O2. The van der Waals surface area contributed by atoms with Crippen molar-refractivity contribution in [1.29, 1.82) is 0 Å². The second kappa shape index (κ2) is 6.71. The summed E-state index contributed by atoms with van der Waals surface area (Å²) in [5.41, 5.74) is 3.27. The highest BCUT2D eigenvalue weighted by molar-refractivity contribution is 5.68. The van der Waals surface area contributed by atoms with Crippen LogP contribution in [0.25, 0.3) is 11.6 Å². The fourth-order valence-electron chi connectivity index (χ4n) is 4.45. The second-order valence-electron chi connectivity index (χ2n) is 8.85. The van der Waals surface area contributed by atoms with Gasteiger partial charge >= 0.3 is 6.09 Å². The van der Waals surface area contributed by atoms with E-state index in [1.165, 1.54) is 16.8 Å². The predicted molar refractivity (Wildman–Crippen MR) is 108 cm³/mol. The smallest absolute Gasteiger partial charge is 0.410 e. The Morgan fingerprint density at radius 3 is 2.56 bits per heavy atom. The van der Waals surface area contributed by atoms with Crippen molar-refractivity contribution >= 4 is 17.7 Å². The third kappa shape index (κ3) is 3.61. The van der Waals surface area contributed by atoms with Gasteiger partial charge in [-0.15, -0.1) is 0 Å². The number of fused-ring (bicyclic) bond motifs is 2. The van der Waals surface area contributed by atoms with Crippen LogP contribution in [0.3, 0.4) is 0 Å². The Kier molecular flexibility index (Phi) is 4.50. The SMILES string of the molecule is C=Cc1cc2ccccn2c1CN1C[C@@H]2CN(C(=O)OC(C)(C)C)C[C@@H]2C1. The highest BCUT2D eigenvalue weighted by Gasteiger charge is 2.42. The fraction of sp³-hybridized carbons (Fsp3) is 0.500. The zero-order valence-corrected chi connectivity index (χ0v) is 16.5. The van der Waals surface area contributed by atoms with Crippen LogP contribution < -0.4 is 0 Å². The highest BCUT2D eigenvalue weighted by Crippen LogP contribution is 2.33. The van der Waals surface area contributed by atoms with Crippen molar-refractivity contribution in [2.24, 2.45) is 11.8 Å². The largest absolute Gasteiger partial charge is 0.444 e. The van der Waals surface area contributed by atoms with Crippen molar-refractivity contribution in [2.75, 3.05) is 26.2 Å². The highest BCUT2D eigenvalue weighted by atomic mass is 16.6. The minimum absolute atomic E-state index is 0.171. The number of hydrogen-bond acceptors (Lipinski definition) is 3. The van der Waals surface area contributed by atoms with Crippen LogP contribution in [0.1, 0.15) is 32.0 Å². The second-order valence-corrected chi connectivity index (χ2v) is 8.85. The van der Waals surface area contributed by atoms with Crippen molar-refractivity contribution in [3.05, 3.63) is 48.3 Å². The number of carbonyl (C=O) groups is 1. The maximum absolute atomic E-state index is 12.3. The molecule has 2 saturated heterocycles. The lowest BCUT2D eigenvalue weighted by Gasteiger charge is -2.26. The van der Waals surface area contributed by atoms with E-state index in [1.807, 2.05) is 31.7 Å². The molecule has 0 radical (unpaired) electrons. The summed E-state index contributed by atoms with van der Waals surface area (Å²) >= 11 is 0. The Hall–Kier alpha value is -2.27. The molecule has 1 amide bonds. The van der Waals surface area contributed by atoms with E-state index in [0.29, 0.717) is 11.8 Å². The molecule has 2 aliphatic rings. The molecule has 27 heavy (non-hydrogen) atoms. The fourth-order valence-corrected chi connectivity index (χ4v) is 4.45. The van der Waals surface area contributed by atoms with Gasteiger partial charge in [0, 0.05) is 50.1 Å². The van der Waals surface area contributed by atoms with Crippen LogP contribution in [0.15, 0.2) is 37.0 Å². The van der Waals surface area contributed by atoms with Crippen LogP contribution in [0.4, 0.5) is 4.79 Å². The van der Waals surface area contributed by atoms with E-state index < -0.39 is 5.60 Å².